The number of esters is 1. The molecule has 0 saturated heterocycles. The third-order valence-electron chi connectivity index (χ3n) is 4.68. The van der Waals surface area contributed by atoms with Crippen LogP contribution in [0.2, 0.25) is 0 Å². The number of ether oxygens (including phenoxy) is 1. The average molecular weight is 342 g/mol. The minimum atomic E-state index is -0.286. The van der Waals surface area contributed by atoms with E-state index in [0.717, 1.165) is 12.8 Å². The molecule has 0 amide bonds. The molecular formula is C21H43NO2. The van der Waals surface area contributed by atoms with Crippen LogP contribution in [-0.2, 0) is 9.53 Å². The van der Waals surface area contributed by atoms with Crippen molar-refractivity contribution in [1.82, 2.24) is 0 Å². The molecule has 24 heavy (non-hydrogen) atoms. The van der Waals surface area contributed by atoms with E-state index in [1.807, 2.05) is 0 Å². The monoisotopic (exact) mass is 341 g/mol. The quantitative estimate of drug-likeness (QED) is 0.227. The fourth-order valence-electron chi connectivity index (χ4n) is 3.07. The zero-order valence-electron chi connectivity index (χ0n) is 16.3. The Hall–Kier alpha value is -0.570. The average Bonchev–Trinajstić information content (AvgIpc) is 2.60. The van der Waals surface area contributed by atoms with Crippen molar-refractivity contribution in [1.29, 1.82) is 0 Å². The van der Waals surface area contributed by atoms with Gasteiger partial charge in [0.25, 0.3) is 0 Å². The smallest absolute Gasteiger partial charge is 0.319 e. The summed E-state index contributed by atoms with van der Waals surface area (Å²) in [7, 11) is 0. The summed E-state index contributed by atoms with van der Waals surface area (Å²) in [6.45, 7) is 2.82. The molecule has 0 aliphatic rings. The number of carbonyl (C=O) groups excluding carboxylic acids is 1. The summed E-state index contributed by atoms with van der Waals surface area (Å²) >= 11 is 0. The first kappa shape index (κ1) is 23.4. The normalized spacial score (nSPS) is 10.9. The van der Waals surface area contributed by atoms with Crippen LogP contribution in [0.25, 0.3) is 0 Å². The Labute approximate surface area is 151 Å². The Morgan fingerprint density at radius 2 is 0.958 bits per heavy atom. The highest BCUT2D eigenvalue weighted by molar-refractivity contribution is 5.71. The van der Waals surface area contributed by atoms with E-state index in [2.05, 4.69) is 6.92 Å². The molecule has 0 bridgehead atoms. The lowest BCUT2D eigenvalue weighted by molar-refractivity contribution is -0.142. The standard InChI is InChI=1S/C21H43NO2/c1-2-3-4-5-6-7-8-9-10-11-12-13-14-15-16-17-18-19-24-21(23)20-22/h2-20,22H2,1H3. The second-order valence-corrected chi connectivity index (χ2v) is 7.08. The van der Waals surface area contributed by atoms with E-state index in [9.17, 15) is 4.79 Å². The van der Waals surface area contributed by atoms with Crippen LogP contribution in [0.15, 0.2) is 0 Å². The minimum absolute atomic E-state index is 0.00103. The lowest BCUT2D eigenvalue weighted by Crippen LogP contribution is -2.17. The highest BCUT2D eigenvalue weighted by Gasteiger charge is 1.98. The molecule has 0 aromatic heterocycles. The van der Waals surface area contributed by atoms with Crippen molar-refractivity contribution in [3.05, 3.63) is 0 Å². The third kappa shape index (κ3) is 19.5. The molecule has 0 atom stereocenters. The van der Waals surface area contributed by atoms with Crippen LogP contribution in [0, 0.1) is 0 Å². The molecule has 0 rings (SSSR count). The topological polar surface area (TPSA) is 52.3 Å². The van der Waals surface area contributed by atoms with Gasteiger partial charge in [0.1, 0.15) is 0 Å². The van der Waals surface area contributed by atoms with Gasteiger partial charge in [-0.15, -0.1) is 0 Å². The predicted octanol–water partition coefficient (Wildman–Crippen LogP) is 6.14. The molecule has 3 heteroatoms. The fourth-order valence-corrected chi connectivity index (χ4v) is 3.07. The van der Waals surface area contributed by atoms with E-state index in [4.69, 9.17) is 10.5 Å². The number of rotatable bonds is 19. The Balaban J connectivity index is 2.99. The van der Waals surface area contributed by atoms with Crippen molar-refractivity contribution in [2.24, 2.45) is 5.73 Å². The SMILES string of the molecule is CCCCCCCCCCCCCCCCCCCOC(=O)CN. The zero-order chi connectivity index (χ0) is 17.7. The van der Waals surface area contributed by atoms with E-state index in [1.165, 1.54) is 96.3 Å². The molecule has 0 spiro atoms. The molecule has 0 aromatic rings. The van der Waals surface area contributed by atoms with Gasteiger partial charge in [0.05, 0.1) is 13.2 Å². The van der Waals surface area contributed by atoms with Crippen molar-refractivity contribution in [2.45, 2.75) is 116 Å². The molecule has 2 N–H and O–H groups in total. The van der Waals surface area contributed by atoms with Crippen molar-refractivity contribution in [3.63, 3.8) is 0 Å². The van der Waals surface area contributed by atoms with E-state index in [-0.39, 0.29) is 12.5 Å². The van der Waals surface area contributed by atoms with Gasteiger partial charge in [-0.1, -0.05) is 110 Å². The largest absolute Gasteiger partial charge is 0.465 e. The molecule has 0 heterocycles. The van der Waals surface area contributed by atoms with E-state index < -0.39 is 0 Å². The summed E-state index contributed by atoms with van der Waals surface area (Å²) in [4.78, 5) is 10.8. The Morgan fingerprint density at radius 1 is 0.625 bits per heavy atom. The number of nitrogens with two attached hydrogens (primary N) is 1. The van der Waals surface area contributed by atoms with Gasteiger partial charge in [-0.2, -0.15) is 0 Å². The van der Waals surface area contributed by atoms with E-state index in [1.54, 1.807) is 0 Å². The lowest BCUT2D eigenvalue weighted by atomic mass is 10.0. The van der Waals surface area contributed by atoms with Crippen LogP contribution < -0.4 is 5.73 Å². The van der Waals surface area contributed by atoms with Crippen LogP contribution in [0.5, 0.6) is 0 Å². The van der Waals surface area contributed by atoms with Crippen molar-refractivity contribution in [3.8, 4) is 0 Å². The maximum Gasteiger partial charge on any atom is 0.319 e. The second-order valence-electron chi connectivity index (χ2n) is 7.08. The summed E-state index contributed by atoms with van der Waals surface area (Å²) in [5.41, 5.74) is 5.17. The first-order chi connectivity index (χ1) is 11.8. The Kier molecular flexibility index (Phi) is 20.0. The fraction of sp³-hybridized carbons (Fsp3) is 0.952. The van der Waals surface area contributed by atoms with Crippen molar-refractivity contribution >= 4 is 5.97 Å². The molecule has 0 fully saturated rings. The molecule has 0 aliphatic carbocycles. The van der Waals surface area contributed by atoms with Crippen LogP contribution in [0.1, 0.15) is 116 Å². The second kappa shape index (κ2) is 20.5. The maximum absolute atomic E-state index is 10.8. The first-order valence-electron chi connectivity index (χ1n) is 10.7. The Bertz CT molecular complexity index is 256. The number of unbranched alkanes of at least 4 members (excludes halogenated alkanes) is 16. The summed E-state index contributed by atoms with van der Waals surface area (Å²) < 4.78 is 4.95. The summed E-state index contributed by atoms with van der Waals surface area (Å²) in [5, 5.41) is 0. The van der Waals surface area contributed by atoms with Crippen LogP contribution in [0.3, 0.4) is 0 Å². The highest BCUT2D eigenvalue weighted by atomic mass is 16.5. The van der Waals surface area contributed by atoms with Gasteiger partial charge in [0.15, 0.2) is 0 Å². The summed E-state index contributed by atoms with van der Waals surface area (Å²) in [6, 6.07) is 0. The van der Waals surface area contributed by atoms with Crippen LogP contribution in [0.4, 0.5) is 0 Å². The molecule has 0 aliphatic heterocycles. The van der Waals surface area contributed by atoms with Crippen LogP contribution >= 0.6 is 0 Å². The lowest BCUT2D eigenvalue weighted by Gasteiger charge is -2.04. The van der Waals surface area contributed by atoms with Gasteiger partial charge in [-0.05, 0) is 6.42 Å². The number of hydrogen-bond donors (Lipinski definition) is 1. The zero-order valence-corrected chi connectivity index (χ0v) is 16.3. The third-order valence-corrected chi connectivity index (χ3v) is 4.68. The van der Waals surface area contributed by atoms with Crippen molar-refractivity contribution in [2.75, 3.05) is 13.2 Å². The Morgan fingerprint density at radius 3 is 1.29 bits per heavy atom. The molecule has 0 saturated carbocycles. The molecule has 144 valence electrons. The molecular weight excluding hydrogens is 298 g/mol. The molecule has 0 radical (unpaired) electrons. The van der Waals surface area contributed by atoms with Gasteiger partial charge in [-0.25, -0.2) is 0 Å². The molecule has 0 aromatic carbocycles. The number of carbonyl (C=O) groups is 1. The van der Waals surface area contributed by atoms with Gasteiger partial charge >= 0.3 is 5.97 Å². The van der Waals surface area contributed by atoms with Gasteiger partial charge < -0.3 is 10.5 Å². The predicted molar refractivity (Wildman–Crippen MR) is 104 cm³/mol. The maximum atomic E-state index is 10.8. The van der Waals surface area contributed by atoms with Gasteiger partial charge in [0.2, 0.25) is 0 Å². The summed E-state index contributed by atoms with van der Waals surface area (Å²) in [5.74, 6) is -0.286. The van der Waals surface area contributed by atoms with Gasteiger partial charge in [-0.3, -0.25) is 4.79 Å². The molecule has 0 unspecified atom stereocenters. The summed E-state index contributed by atoms with van der Waals surface area (Å²) in [6.07, 6.45) is 23.2. The molecule has 3 nitrogen and oxygen atoms in total. The number of hydrogen-bond acceptors (Lipinski definition) is 3. The highest BCUT2D eigenvalue weighted by Crippen LogP contribution is 2.13. The van der Waals surface area contributed by atoms with Crippen LogP contribution in [-0.4, -0.2) is 19.1 Å². The van der Waals surface area contributed by atoms with Crippen molar-refractivity contribution < 1.29 is 9.53 Å². The van der Waals surface area contributed by atoms with E-state index >= 15 is 0 Å². The van der Waals surface area contributed by atoms with E-state index in [0.29, 0.717) is 6.61 Å². The minimum Gasteiger partial charge on any atom is -0.465 e. The first-order valence-corrected chi connectivity index (χ1v) is 10.7. The van der Waals surface area contributed by atoms with Gasteiger partial charge in [0, 0.05) is 0 Å².